The number of unbranched alkanes of at least 4 members (excludes halogenated alkanes) is 1. The molecule has 0 saturated carbocycles. The standard InChI is InChI=1S/C25H31N7O/c1-5-6-7-23-18(4)31(15-17(2)3)25(33)32(23)16-19-8-10-20(11-9-19)21-12-13-26-14-22(21)24-27-29-30-28-24/h8-14,17H,5-7,15-16H2,1-4H3,(H,27,28,29,30). The van der Waals surface area contributed by atoms with Gasteiger partial charge < -0.3 is 0 Å². The van der Waals surface area contributed by atoms with E-state index < -0.39 is 0 Å². The molecule has 1 aromatic carbocycles. The van der Waals surface area contributed by atoms with Crippen LogP contribution >= 0.6 is 0 Å². The minimum absolute atomic E-state index is 0.0879. The molecule has 0 aliphatic carbocycles. The summed E-state index contributed by atoms with van der Waals surface area (Å²) in [5, 5.41) is 14.3. The predicted molar refractivity (Wildman–Crippen MR) is 129 cm³/mol. The zero-order valence-electron chi connectivity index (χ0n) is 19.7. The Labute approximate surface area is 193 Å². The van der Waals surface area contributed by atoms with Crippen LogP contribution in [0, 0.1) is 12.8 Å². The molecule has 1 N–H and O–H groups in total. The van der Waals surface area contributed by atoms with Crippen LogP contribution in [0.4, 0.5) is 0 Å². The topological polar surface area (TPSA) is 94.3 Å². The van der Waals surface area contributed by atoms with Crippen molar-refractivity contribution in [3.63, 3.8) is 0 Å². The van der Waals surface area contributed by atoms with Crippen LogP contribution in [0.2, 0.25) is 0 Å². The van der Waals surface area contributed by atoms with Crippen molar-refractivity contribution in [2.45, 2.75) is 60.0 Å². The smallest absolute Gasteiger partial charge is 0.296 e. The molecule has 0 aliphatic heterocycles. The van der Waals surface area contributed by atoms with E-state index in [1.165, 1.54) is 0 Å². The predicted octanol–water partition coefficient (Wildman–Crippen LogP) is 4.25. The minimum atomic E-state index is 0.0879. The lowest BCUT2D eigenvalue weighted by Crippen LogP contribution is -2.27. The molecule has 172 valence electrons. The summed E-state index contributed by atoms with van der Waals surface area (Å²) in [5.74, 6) is 0.931. The molecule has 0 amide bonds. The maximum atomic E-state index is 13.3. The first-order chi connectivity index (χ1) is 16.0. The molecule has 0 aliphatic rings. The lowest BCUT2D eigenvalue weighted by Gasteiger charge is -2.10. The number of tetrazole rings is 1. The Morgan fingerprint density at radius 2 is 1.85 bits per heavy atom. The number of rotatable bonds is 9. The Balaban J connectivity index is 1.65. The summed E-state index contributed by atoms with van der Waals surface area (Å²) < 4.78 is 3.90. The van der Waals surface area contributed by atoms with Gasteiger partial charge in [0, 0.05) is 35.9 Å². The Morgan fingerprint density at radius 1 is 1.06 bits per heavy atom. The first-order valence-corrected chi connectivity index (χ1v) is 11.6. The molecule has 0 saturated heterocycles. The Morgan fingerprint density at radius 3 is 2.52 bits per heavy atom. The summed E-state index contributed by atoms with van der Waals surface area (Å²) >= 11 is 0. The van der Waals surface area contributed by atoms with Crippen LogP contribution in [0.3, 0.4) is 0 Å². The second-order valence-corrected chi connectivity index (χ2v) is 8.86. The highest BCUT2D eigenvalue weighted by Gasteiger charge is 2.18. The van der Waals surface area contributed by atoms with Crippen LogP contribution in [-0.2, 0) is 19.5 Å². The van der Waals surface area contributed by atoms with E-state index in [-0.39, 0.29) is 5.69 Å². The molecule has 8 heteroatoms. The van der Waals surface area contributed by atoms with Gasteiger partial charge in [0.25, 0.3) is 0 Å². The fraction of sp³-hybridized carbons (Fsp3) is 0.400. The molecule has 8 nitrogen and oxygen atoms in total. The number of nitrogens with zero attached hydrogens (tertiary/aromatic N) is 6. The van der Waals surface area contributed by atoms with Crippen LogP contribution in [0.25, 0.3) is 22.5 Å². The quantitative estimate of drug-likeness (QED) is 0.416. The van der Waals surface area contributed by atoms with E-state index in [2.05, 4.69) is 77.6 Å². The lowest BCUT2D eigenvalue weighted by molar-refractivity contribution is 0.497. The zero-order valence-corrected chi connectivity index (χ0v) is 19.7. The van der Waals surface area contributed by atoms with Gasteiger partial charge in [0.15, 0.2) is 0 Å². The van der Waals surface area contributed by atoms with Crippen molar-refractivity contribution in [2.24, 2.45) is 5.92 Å². The second kappa shape index (κ2) is 9.94. The molecular formula is C25H31N7O. The van der Waals surface area contributed by atoms with Gasteiger partial charge in [-0.25, -0.2) is 4.79 Å². The number of aromatic nitrogens is 7. The molecule has 0 fully saturated rings. The Bertz CT molecular complexity index is 1250. The maximum absolute atomic E-state index is 13.3. The van der Waals surface area contributed by atoms with Crippen molar-refractivity contribution in [1.82, 2.24) is 34.7 Å². The van der Waals surface area contributed by atoms with Crippen molar-refractivity contribution >= 4 is 0 Å². The zero-order chi connectivity index (χ0) is 23.4. The second-order valence-electron chi connectivity index (χ2n) is 8.86. The van der Waals surface area contributed by atoms with Crippen LogP contribution in [0.5, 0.6) is 0 Å². The number of pyridine rings is 1. The van der Waals surface area contributed by atoms with E-state index in [4.69, 9.17) is 0 Å². The normalized spacial score (nSPS) is 11.4. The van der Waals surface area contributed by atoms with Crippen molar-refractivity contribution in [3.8, 4) is 22.5 Å². The third-order valence-electron chi connectivity index (χ3n) is 5.94. The summed E-state index contributed by atoms with van der Waals surface area (Å²) in [6.45, 7) is 9.88. The van der Waals surface area contributed by atoms with Gasteiger partial charge in [-0.1, -0.05) is 51.5 Å². The van der Waals surface area contributed by atoms with Crippen LogP contribution in [0.15, 0.2) is 47.5 Å². The third-order valence-corrected chi connectivity index (χ3v) is 5.94. The van der Waals surface area contributed by atoms with Gasteiger partial charge in [0.2, 0.25) is 5.82 Å². The van der Waals surface area contributed by atoms with Gasteiger partial charge in [-0.3, -0.25) is 14.1 Å². The molecule has 4 aromatic rings. The Hall–Kier alpha value is -3.55. The average molecular weight is 446 g/mol. The molecule has 0 spiro atoms. The van der Waals surface area contributed by atoms with E-state index in [1.807, 2.05) is 15.2 Å². The van der Waals surface area contributed by atoms with Crippen molar-refractivity contribution in [1.29, 1.82) is 0 Å². The number of hydrogen-bond donors (Lipinski definition) is 1. The van der Waals surface area contributed by atoms with E-state index in [0.29, 0.717) is 18.3 Å². The SMILES string of the molecule is CCCCc1c(C)n(CC(C)C)c(=O)n1Cc1ccc(-c2ccncc2-c2nn[nH]n2)cc1. The van der Waals surface area contributed by atoms with Crippen LogP contribution in [-0.4, -0.2) is 34.7 Å². The average Bonchev–Trinajstić information content (AvgIpc) is 3.42. The number of aromatic amines is 1. The molecule has 0 bridgehead atoms. The molecular weight excluding hydrogens is 414 g/mol. The molecule has 0 unspecified atom stereocenters. The van der Waals surface area contributed by atoms with Gasteiger partial charge in [-0.05, 0) is 53.7 Å². The number of benzene rings is 1. The maximum Gasteiger partial charge on any atom is 0.328 e. The highest BCUT2D eigenvalue weighted by molar-refractivity contribution is 5.79. The summed E-state index contributed by atoms with van der Waals surface area (Å²) in [4.78, 5) is 17.5. The molecule has 0 radical (unpaired) electrons. The lowest BCUT2D eigenvalue weighted by atomic mass is 10.00. The van der Waals surface area contributed by atoms with Crippen molar-refractivity contribution in [3.05, 3.63) is 70.2 Å². The minimum Gasteiger partial charge on any atom is -0.296 e. The summed E-state index contributed by atoms with van der Waals surface area (Å²) in [6, 6.07) is 10.3. The molecule has 4 rings (SSSR count). The van der Waals surface area contributed by atoms with E-state index >= 15 is 0 Å². The first kappa shape index (κ1) is 22.6. The van der Waals surface area contributed by atoms with Gasteiger partial charge in [-0.2, -0.15) is 5.21 Å². The number of hydrogen-bond acceptors (Lipinski definition) is 5. The van der Waals surface area contributed by atoms with Crippen LogP contribution in [0.1, 0.15) is 50.6 Å². The molecule has 3 aromatic heterocycles. The molecule has 33 heavy (non-hydrogen) atoms. The van der Waals surface area contributed by atoms with E-state index in [0.717, 1.165) is 59.4 Å². The summed E-state index contributed by atoms with van der Waals surface area (Å²) in [7, 11) is 0. The van der Waals surface area contributed by atoms with Gasteiger partial charge in [0.05, 0.1) is 6.54 Å². The van der Waals surface area contributed by atoms with E-state index in [1.54, 1.807) is 12.4 Å². The molecule has 3 heterocycles. The van der Waals surface area contributed by atoms with Gasteiger partial charge in [-0.15, -0.1) is 10.2 Å². The first-order valence-electron chi connectivity index (χ1n) is 11.6. The fourth-order valence-corrected chi connectivity index (χ4v) is 4.23. The van der Waals surface area contributed by atoms with Crippen LogP contribution < -0.4 is 5.69 Å². The van der Waals surface area contributed by atoms with Crippen molar-refractivity contribution < 1.29 is 0 Å². The summed E-state index contributed by atoms with van der Waals surface area (Å²) in [5.41, 5.74) is 6.27. The Kier molecular flexibility index (Phi) is 6.82. The largest absolute Gasteiger partial charge is 0.328 e. The monoisotopic (exact) mass is 445 g/mol. The number of nitrogens with one attached hydrogen (secondary N) is 1. The summed E-state index contributed by atoms with van der Waals surface area (Å²) in [6.07, 6.45) is 6.60. The number of imidazole rings is 1. The number of H-pyrrole nitrogens is 1. The van der Waals surface area contributed by atoms with Gasteiger partial charge in [0.1, 0.15) is 0 Å². The van der Waals surface area contributed by atoms with Gasteiger partial charge >= 0.3 is 5.69 Å². The highest BCUT2D eigenvalue weighted by atomic mass is 16.1. The van der Waals surface area contributed by atoms with E-state index in [9.17, 15) is 4.79 Å². The fourth-order valence-electron chi connectivity index (χ4n) is 4.23. The molecule has 0 atom stereocenters. The highest BCUT2D eigenvalue weighted by Crippen LogP contribution is 2.29. The van der Waals surface area contributed by atoms with Crippen molar-refractivity contribution in [2.75, 3.05) is 0 Å². The third kappa shape index (κ3) is 4.79.